The zero-order valence-corrected chi connectivity index (χ0v) is 16.4. The lowest BCUT2D eigenvalue weighted by Gasteiger charge is -2.55. The summed E-state index contributed by atoms with van der Waals surface area (Å²) < 4.78 is 11.7. The quantitative estimate of drug-likeness (QED) is 0.811. The fourth-order valence-electron chi connectivity index (χ4n) is 5.04. The van der Waals surface area contributed by atoms with E-state index in [-0.39, 0.29) is 35.3 Å². The van der Waals surface area contributed by atoms with Gasteiger partial charge in [0.25, 0.3) is 0 Å². The third-order valence-electron chi connectivity index (χ3n) is 7.21. The third kappa shape index (κ3) is 2.85. The highest BCUT2D eigenvalue weighted by Gasteiger charge is 2.67. The average Bonchev–Trinajstić information content (AvgIpc) is 3.00. The summed E-state index contributed by atoms with van der Waals surface area (Å²) in [5, 5.41) is 6.79. The van der Waals surface area contributed by atoms with E-state index in [1.54, 1.807) is 18.1 Å². The fraction of sp³-hybridized carbons (Fsp3) is 0.750. The fourth-order valence-corrected chi connectivity index (χ4v) is 5.04. The van der Waals surface area contributed by atoms with Crippen molar-refractivity contribution in [3.05, 3.63) is 18.0 Å². The number of fused-ring (bicyclic) bond motifs is 1. The first kappa shape index (κ1) is 18.1. The van der Waals surface area contributed by atoms with Crippen LogP contribution in [0.1, 0.15) is 37.8 Å². The van der Waals surface area contributed by atoms with Crippen LogP contribution < -0.4 is 0 Å². The molecule has 2 aliphatic carbocycles. The molecule has 2 saturated heterocycles. The van der Waals surface area contributed by atoms with Crippen LogP contribution in [0, 0.1) is 11.3 Å². The van der Waals surface area contributed by atoms with E-state index in [0.717, 1.165) is 31.4 Å². The molecule has 1 unspecified atom stereocenters. The molecule has 3 atom stereocenters. The number of ether oxygens (including phenoxy) is 2. The molecule has 8 heteroatoms. The summed E-state index contributed by atoms with van der Waals surface area (Å²) in [5.41, 5.74) is 0.459. The van der Waals surface area contributed by atoms with Gasteiger partial charge in [0.15, 0.2) is 0 Å². The zero-order valence-electron chi connectivity index (χ0n) is 16.4. The molecule has 3 heterocycles. The van der Waals surface area contributed by atoms with Gasteiger partial charge in [-0.05, 0) is 31.7 Å². The number of nitrogens with one attached hydrogen (secondary N) is 1. The molecule has 28 heavy (non-hydrogen) atoms. The van der Waals surface area contributed by atoms with Gasteiger partial charge in [-0.25, -0.2) is 0 Å². The number of rotatable bonds is 5. The minimum atomic E-state index is -0.286. The van der Waals surface area contributed by atoms with Gasteiger partial charge in [-0.1, -0.05) is 0 Å². The van der Waals surface area contributed by atoms with Crippen LogP contribution in [0.5, 0.6) is 0 Å². The van der Waals surface area contributed by atoms with Gasteiger partial charge in [0.05, 0.1) is 55.5 Å². The summed E-state index contributed by atoms with van der Waals surface area (Å²) >= 11 is 0. The normalized spacial score (nSPS) is 32.7. The second-order valence-corrected chi connectivity index (χ2v) is 9.03. The number of H-pyrrole nitrogens is 1. The number of aromatic nitrogens is 2. The largest absolute Gasteiger partial charge is 0.380 e. The first-order valence-electron chi connectivity index (χ1n) is 10.3. The van der Waals surface area contributed by atoms with E-state index in [9.17, 15) is 9.59 Å². The van der Waals surface area contributed by atoms with E-state index in [1.165, 1.54) is 0 Å². The molecule has 1 aromatic rings. The summed E-state index contributed by atoms with van der Waals surface area (Å²) in [6.07, 6.45) is 5.81. The third-order valence-corrected chi connectivity index (χ3v) is 7.21. The van der Waals surface area contributed by atoms with Crippen molar-refractivity contribution in [2.75, 3.05) is 33.4 Å². The highest BCUT2D eigenvalue weighted by molar-refractivity contribution is 5.88. The Bertz CT molecular complexity index is 762. The molecule has 1 spiro atoms. The van der Waals surface area contributed by atoms with Crippen LogP contribution in [0.2, 0.25) is 0 Å². The average molecular weight is 388 g/mol. The molecule has 1 N–H and O–H groups in total. The predicted molar refractivity (Wildman–Crippen MR) is 99.1 cm³/mol. The number of amides is 2. The molecule has 8 nitrogen and oxygen atoms in total. The molecule has 0 radical (unpaired) electrons. The van der Waals surface area contributed by atoms with Crippen molar-refractivity contribution in [2.24, 2.45) is 11.3 Å². The Hall–Kier alpha value is -1.93. The van der Waals surface area contributed by atoms with Gasteiger partial charge in [-0.2, -0.15) is 5.10 Å². The Kier molecular flexibility index (Phi) is 4.24. The molecule has 5 rings (SSSR count). The van der Waals surface area contributed by atoms with Gasteiger partial charge < -0.3 is 19.3 Å². The Morgan fingerprint density at radius 2 is 2.25 bits per heavy atom. The minimum absolute atomic E-state index is 0.0169. The maximum absolute atomic E-state index is 13.4. The number of morpholine rings is 1. The van der Waals surface area contributed by atoms with E-state index in [4.69, 9.17) is 9.47 Å². The second kappa shape index (κ2) is 6.56. The molecular weight excluding hydrogens is 360 g/mol. The van der Waals surface area contributed by atoms with E-state index in [0.29, 0.717) is 38.8 Å². The van der Waals surface area contributed by atoms with Gasteiger partial charge in [0.1, 0.15) is 0 Å². The minimum Gasteiger partial charge on any atom is -0.380 e. The van der Waals surface area contributed by atoms with Crippen molar-refractivity contribution in [3.63, 3.8) is 0 Å². The molecule has 4 aliphatic rings. The molecule has 152 valence electrons. The van der Waals surface area contributed by atoms with Crippen molar-refractivity contribution < 1.29 is 19.1 Å². The summed E-state index contributed by atoms with van der Waals surface area (Å²) in [6.45, 7) is 2.81. The molecule has 2 saturated carbocycles. The van der Waals surface area contributed by atoms with Crippen molar-refractivity contribution in [1.29, 1.82) is 0 Å². The highest BCUT2D eigenvalue weighted by atomic mass is 16.5. The first-order chi connectivity index (χ1) is 13.5. The van der Waals surface area contributed by atoms with Crippen LogP contribution in [0.15, 0.2) is 12.3 Å². The maximum atomic E-state index is 13.4. The van der Waals surface area contributed by atoms with Crippen LogP contribution in [0.4, 0.5) is 0 Å². The van der Waals surface area contributed by atoms with Crippen molar-refractivity contribution in [2.45, 2.75) is 50.3 Å². The second-order valence-electron chi connectivity index (χ2n) is 9.03. The molecule has 2 amide bonds. The SMILES string of the molecule is CN(Cc1ccn[nH]1)C(=O)CC1CN(C(=O)[C@@]23COC[C@@H]2C3)C2(CCC2)CO1. The zero-order chi connectivity index (χ0) is 19.4. The predicted octanol–water partition coefficient (Wildman–Crippen LogP) is 0.945. The van der Waals surface area contributed by atoms with Gasteiger partial charge in [0, 0.05) is 25.7 Å². The Morgan fingerprint density at radius 1 is 1.39 bits per heavy atom. The van der Waals surface area contributed by atoms with Crippen LogP contribution in [-0.2, 0) is 25.6 Å². The van der Waals surface area contributed by atoms with Gasteiger partial charge in [-0.3, -0.25) is 14.7 Å². The van der Waals surface area contributed by atoms with Crippen LogP contribution in [0.25, 0.3) is 0 Å². The van der Waals surface area contributed by atoms with Crippen molar-refractivity contribution >= 4 is 11.8 Å². The smallest absolute Gasteiger partial charge is 0.232 e. The number of hydrogen-bond donors (Lipinski definition) is 1. The molecule has 2 aliphatic heterocycles. The summed E-state index contributed by atoms with van der Waals surface area (Å²) in [4.78, 5) is 29.9. The summed E-state index contributed by atoms with van der Waals surface area (Å²) in [6, 6.07) is 1.86. The monoisotopic (exact) mass is 388 g/mol. The van der Waals surface area contributed by atoms with E-state index in [1.807, 2.05) is 6.07 Å². The number of hydrogen-bond acceptors (Lipinski definition) is 5. The molecule has 1 aromatic heterocycles. The number of aromatic amines is 1. The lowest BCUT2D eigenvalue weighted by atomic mass is 9.74. The van der Waals surface area contributed by atoms with E-state index < -0.39 is 0 Å². The lowest BCUT2D eigenvalue weighted by Crippen LogP contribution is -2.66. The number of carbonyl (C=O) groups excluding carboxylic acids is 2. The standard InChI is InChI=1S/C20H28N4O4/c1-23(9-15-3-6-21-22-15)17(25)7-16-10-24(19(12-28-16)4-2-5-19)18(26)20-8-14(20)11-27-13-20/h3,6,14,16H,2,4-5,7-13H2,1H3,(H,21,22)/t14-,16?,20-/m0/s1. The van der Waals surface area contributed by atoms with Crippen molar-refractivity contribution in [3.8, 4) is 0 Å². The van der Waals surface area contributed by atoms with Crippen LogP contribution >= 0.6 is 0 Å². The van der Waals surface area contributed by atoms with Crippen LogP contribution in [0.3, 0.4) is 0 Å². The molecule has 0 bridgehead atoms. The van der Waals surface area contributed by atoms with Crippen LogP contribution in [-0.4, -0.2) is 76.9 Å². The summed E-state index contributed by atoms with van der Waals surface area (Å²) in [5.74, 6) is 0.644. The van der Waals surface area contributed by atoms with Crippen molar-refractivity contribution in [1.82, 2.24) is 20.0 Å². The topological polar surface area (TPSA) is 87.8 Å². The van der Waals surface area contributed by atoms with Gasteiger partial charge in [0.2, 0.25) is 11.8 Å². The highest BCUT2D eigenvalue weighted by Crippen LogP contribution is 2.59. The lowest BCUT2D eigenvalue weighted by molar-refractivity contribution is -0.179. The Morgan fingerprint density at radius 3 is 2.86 bits per heavy atom. The summed E-state index contributed by atoms with van der Waals surface area (Å²) in [7, 11) is 1.78. The van der Waals surface area contributed by atoms with Gasteiger partial charge in [-0.15, -0.1) is 0 Å². The number of carbonyl (C=O) groups is 2. The molecule has 0 aromatic carbocycles. The molecule has 4 fully saturated rings. The Balaban J connectivity index is 1.24. The van der Waals surface area contributed by atoms with E-state index >= 15 is 0 Å². The molecular formula is C20H28N4O4. The first-order valence-corrected chi connectivity index (χ1v) is 10.3. The van der Waals surface area contributed by atoms with E-state index in [2.05, 4.69) is 15.1 Å². The van der Waals surface area contributed by atoms with Gasteiger partial charge >= 0.3 is 0 Å². The number of nitrogens with zero attached hydrogens (tertiary/aromatic N) is 3. The Labute approximate surface area is 164 Å². The maximum Gasteiger partial charge on any atom is 0.232 e.